The zero-order valence-electron chi connectivity index (χ0n) is 14.5. The van der Waals surface area contributed by atoms with Crippen molar-refractivity contribution in [2.45, 2.75) is 37.5 Å². The highest BCUT2D eigenvalue weighted by Gasteiger charge is 2.42. The molecule has 142 valence electrons. The molecule has 0 aromatic heterocycles. The third kappa shape index (κ3) is 4.72. The molecule has 0 spiro atoms. The Hall–Kier alpha value is -1.25. The number of carbonyl (C=O) groups is 1. The summed E-state index contributed by atoms with van der Waals surface area (Å²) in [5, 5.41) is 7.15. The smallest absolute Gasteiger partial charge is 0.251 e. The first kappa shape index (κ1) is 19.5. The quantitative estimate of drug-likeness (QED) is 0.697. The van der Waals surface area contributed by atoms with Crippen LogP contribution in [-0.2, 0) is 9.84 Å². The average Bonchev–Trinajstić information content (AvgIpc) is 3.06. The van der Waals surface area contributed by atoms with E-state index in [0.29, 0.717) is 28.0 Å². The summed E-state index contributed by atoms with van der Waals surface area (Å²) < 4.78 is 23.3. The molecule has 0 bridgehead atoms. The Morgan fingerprint density at radius 3 is 2.88 bits per heavy atom. The normalized spacial score (nSPS) is 23.4. The molecule has 26 heavy (non-hydrogen) atoms. The van der Waals surface area contributed by atoms with Crippen molar-refractivity contribution in [3.05, 3.63) is 28.8 Å². The van der Waals surface area contributed by atoms with Crippen molar-refractivity contribution in [3.63, 3.8) is 0 Å². The lowest BCUT2D eigenvalue weighted by atomic mass is 10.2. The van der Waals surface area contributed by atoms with Gasteiger partial charge in [-0.25, -0.2) is 8.42 Å². The molecule has 2 N–H and O–H groups in total. The molecule has 3 rings (SSSR count). The molecule has 6 nitrogen and oxygen atoms in total. The molecule has 2 aliphatic heterocycles. The number of thioether (sulfide) groups is 1. The lowest BCUT2D eigenvalue weighted by Gasteiger charge is -2.11. The SMILES string of the molecule is CCCCCNC(=O)c1ccc(Cl)c(NC2=N[C@@H]3CS(=O)(=O)C[C@@H]3S2)c1. The minimum atomic E-state index is -2.98. The van der Waals surface area contributed by atoms with Crippen molar-refractivity contribution in [1.29, 1.82) is 0 Å². The van der Waals surface area contributed by atoms with Gasteiger partial charge in [0, 0.05) is 17.4 Å². The van der Waals surface area contributed by atoms with Gasteiger partial charge in [-0.1, -0.05) is 43.1 Å². The number of hydrogen-bond acceptors (Lipinski definition) is 6. The zero-order valence-corrected chi connectivity index (χ0v) is 16.9. The Kier molecular flexibility index (Phi) is 6.14. The van der Waals surface area contributed by atoms with Gasteiger partial charge in [-0.15, -0.1) is 0 Å². The number of rotatable bonds is 6. The molecule has 1 amide bonds. The summed E-state index contributed by atoms with van der Waals surface area (Å²) in [5.41, 5.74) is 1.13. The minimum Gasteiger partial charge on any atom is -0.352 e. The van der Waals surface area contributed by atoms with E-state index in [4.69, 9.17) is 11.6 Å². The van der Waals surface area contributed by atoms with Gasteiger partial charge in [-0.2, -0.15) is 0 Å². The zero-order chi connectivity index (χ0) is 18.7. The maximum absolute atomic E-state index is 12.3. The van der Waals surface area contributed by atoms with Gasteiger partial charge >= 0.3 is 0 Å². The summed E-state index contributed by atoms with van der Waals surface area (Å²) in [5.74, 6) is 0.124. The van der Waals surface area contributed by atoms with Crippen molar-refractivity contribution in [2.75, 3.05) is 23.4 Å². The van der Waals surface area contributed by atoms with E-state index in [0.717, 1.165) is 19.3 Å². The third-order valence-corrected chi connectivity index (χ3v) is 7.83. The van der Waals surface area contributed by atoms with Gasteiger partial charge in [0.05, 0.1) is 28.3 Å². The summed E-state index contributed by atoms with van der Waals surface area (Å²) >= 11 is 7.66. The fraction of sp³-hybridized carbons (Fsp3) is 0.529. The first-order valence-electron chi connectivity index (χ1n) is 8.67. The number of nitrogens with one attached hydrogen (secondary N) is 2. The van der Waals surface area contributed by atoms with Gasteiger partial charge in [0.1, 0.15) is 0 Å². The maximum atomic E-state index is 12.3. The predicted molar refractivity (Wildman–Crippen MR) is 108 cm³/mol. The molecule has 0 unspecified atom stereocenters. The van der Waals surface area contributed by atoms with Gasteiger partial charge in [-0.3, -0.25) is 9.79 Å². The van der Waals surface area contributed by atoms with Crippen molar-refractivity contribution >= 4 is 50.0 Å². The molecule has 1 aromatic rings. The van der Waals surface area contributed by atoms with E-state index in [1.54, 1.807) is 18.2 Å². The van der Waals surface area contributed by atoms with Crippen LogP contribution in [0.4, 0.5) is 5.69 Å². The second-order valence-corrected chi connectivity index (χ2v) is 10.3. The summed E-state index contributed by atoms with van der Waals surface area (Å²) in [4.78, 5) is 16.7. The number of hydrogen-bond donors (Lipinski definition) is 2. The second-order valence-electron chi connectivity index (χ2n) is 6.52. The molecular weight excluding hydrogens is 394 g/mol. The number of fused-ring (bicyclic) bond motifs is 1. The maximum Gasteiger partial charge on any atom is 0.251 e. The molecule has 0 radical (unpaired) electrons. The standard InChI is InChI=1S/C17H22ClN3O3S2/c1-2-3-4-7-19-16(22)11-5-6-12(18)13(8-11)20-17-21-14-9-26(23,24)10-15(14)25-17/h5-6,8,14-15H,2-4,7,9-10H2,1H3,(H,19,22)(H,20,21)/t14-,15+/m1/s1. The Morgan fingerprint density at radius 2 is 2.15 bits per heavy atom. The van der Waals surface area contributed by atoms with Crippen molar-refractivity contribution in [3.8, 4) is 0 Å². The number of nitrogens with zero attached hydrogens (tertiary/aromatic N) is 1. The van der Waals surface area contributed by atoms with E-state index in [1.165, 1.54) is 11.8 Å². The number of carbonyl (C=O) groups excluding carboxylic acids is 1. The fourth-order valence-electron chi connectivity index (χ4n) is 2.97. The first-order valence-corrected chi connectivity index (χ1v) is 11.8. The average molecular weight is 416 g/mol. The van der Waals surface area contributed by atoms with Crippen LogP contribution in [0.3, 0.4) is 0 Å². The van der Waals surface area contributed by atoms with E-state index in [9.17, 15) is 13.2 Å². The van der Waals surface area contributed by atoms with Crippen LogP contribution in [0, 0.1) is 0 Å². The number of sulfone groups is 1. The van der Waals surface area contributed by atoms with Gasteiger partial charge in [0.2, 0.25) is 0 Å². The second kappa shape index (κ2) is 8.19. The molecular formula is C17H22ClN3O3S2. The van der Waals surface area contributed by atoms with Crippen LogP contribution in [0.25, 0.3) is 0 Å². The number of aliphatic imine (C=N–C) groups is 1. The minimum absolute atomic E-state index is 0.0358. The van der Waals surface area contributed by atoms with E-state index < -0.39 is 9.84 Å². The largest absolute Gasteiger partial charge is 0.352 e. The number of amidine groups is 1. The van der Waals surface area contributed by atoms with Crippen molar-refractivity contribution in [1.82, 2.24) is 5.32 Å². The Balaban J connectivity index is 1.65. The predicted octanol–water partition coefficient (Wildman–Crippen LogP) is 2.94. The highest BCUT2D eigenvalue weighted by molar-refractivity contribution is 8.15. The van der Waals surface area contributed by atoms with Crippen molar-refractivity contribution in [2.24, 2.45) is 4.99 Å². The van der Waals surface area contributed by atoms with Crippen LogP contribution >= 0.6 is 23.4 Å². The molecule has 0 aliphatic carbocycles. The van der Waals surface area contributed by atoms with Crippen LogP contribution < -0.4 is 10.6 Å². The number of amides is 1. The molecule has 2 heterocycles. The van der Waals surface area contributed by atoms with E-state index in [2.05, 4.69) is 22.5 Å². The van der Waals surface area contributed by atoms with Gasteiger partial charge in [0.15, 0.2) is 15.0 Å². The summed E-state index contributed by atoms with van der Waals surface area (Å²) in [6.45, 7) is 2.77. The number of anilines is 1. The molecule has 2 atom stereocenters. The topological polar surface area (TPSA) is 87.6 Å². The lowest BCUT2D eigenvalue weighted by molar-refractivity contribution is 0.0953. The lowest BCUT2D eigenvalue weighted by Crippen LogP contribution is -2.24. The number of unbranched alkanes of at least 4 members (excludes halogenated alkanes) is 2. The fourth-order valence-corrected chi connectivity index (χ4v) is 6.81. The molecule has 2 aliphatic rings. The molecule has 1 saturated heterocycles. The van der Waals surface area contributed by atoms with Crippen LogP contribution in [-0.4, -0.2) is 48.8 Å². The van der Waals surface area contributed by atoms with Gasteiger partial charge in [0.25, 0.3) is 5.91 Å². The monoisotopic (exact) mass is 415 g/mol. The van der Waals surface area contributed by atoms with E-state index in [-0.39, 0.29) is 28.7 Å². The summed E-state index contributed by atoms with van der Waals surface area (Å²) in [6.07, 6.45) is 3.15. The molecule has 0 saturated carbocycles. The van der Waals surface area contributed by atoms with Crippen LogP contribution in [0.2, 0.25) is 5.02 Å². The van der Waals surface area contributed by atoms with Crippen LogP contribution in [0.15, 0.2) is 23.2 Å². The Bertz CT molecular complexity index is 827. The third-order valence-electron chi connectivity index (χ3n) is 4.35. The molecule has 1 aromatic carbocycles. The van der Waals surface area contributed by atoms with E-state index in [1.807, 2.05) is 0 Å². The molecule has 9 heteroatoms. The summed E-state index contributed by atoms with van der Waals surface area (Å²) in [7, 11) is -2.98. The highest BCUT2D eigenvalue weighted by Crippen LogP contribution is 2.35. The number of halogens is 1. The van der Waals surface area contributed by atoms with E-state index >= 15 is 0 Å². The van der Waals surface area contributed by atoms with Gasteiger partial charge in [-0.05, 0) is 24.6 Å². The molecule has 1 fully saturated rings. The van der Waals surface area contributed by atoms with Gasteiger partial charge < -0.3 is 10.6 Å². The summed E-state index contributed by atoms with van der Waals surface area (Å²) in [6, 6.07) is 4.87. The highest BCUT2D eigenvalue weighted by atomic mass is 35.5. The van der Waals surface area contributed by atoms with Crippen LogP contribution in [0.1, 0.15) is 36.5 Å². The van der Waals surface area contributed by atoms with Crippen molar-refractivity contribution < 1.29 is 13.2 Å². The number of benzene rings is 1. The Labute approximate surface area is 163 Å². The van der Waals surface area contributed by atoms with Crippen LogP contribution in [0.5, 0.6) is 0 Å². The first-order chi connectivity index (χ1) is 12.4. The Morgan fingerprint density at radius 1 is 1.35 bits per heavy atom.